The second kappa shape index (κ2) is 6.66. The van der Waals surface area contributed by atoms with E-state index in [1.54, 1.807) is 0 Å². The Bertz CT molecular complexity index is 516. The van der Waals surface area contributed by atoms with Crippen LogP contribution in [0.5, 0.6) is 0 Å². The molecule has 2 atom stereocenters. The first-order valence-corrected chi connectivity index (χ1v) is 7.03. The summed E-state index contributed by atoms with van der Waals surface area (Å²) >= 11 is 0. The molecular formula is C13H19N3O5. The lowest BCUT2D eigenvalue weighted by atomic mass is 10.2. The van der Waals surface area contributed by atoms with Crippen molar-refractivity contribution in [2.75, 3.05) is 6.54 Å². The lowest BCUT2D eigenvalue weighted by Crippen LogP contribution is -2.40. The van der Waals surface area contributed by atoms with Gasteiger partial charge < -0.3 is 19.6 Å². The number of rotatable bonds is 6. The minimum atomic E-state index is -1.09. The van der Waals surface area contributed by atoms with Crippen LogP contribution in [0.3, 0.4) is 0 Å². The molecule has 116 valence electrons. The number of carbonyl (C=O) groups is 2. The highest BCUT2D eigenvalue weighted by Crippen LogP contribution is 2.19. The number of β-amino-alcohol motifs (C(OH)–C–C–N with tert-alkyl or cyclic N) is 1. The second-order valence-corrected chi connectivity index (χ2v) is 5.14. The Morgan fingerprint density at radius 2 is 2.19 bits per heavy atom. The van der Waals surface area contributed by atoms with Crippen molar-refractivity contribution in [1.29, 1.82) is 0 Å². The molecule has 2 heterocycles. The number of hydrogen-bond donors (Lipinski definition) is 2. The van der Waals surface area contributed by atoms with E-state index in [-0.39, 0.29) is 31.7 Å². The van der Waals surface area contributed by atoms with Crippen LogP contribution < -0.4 is 0 Å². The van der Waals surface area contributed by atoms with Crippen LogP contribution in [0.4, 0.5) is 0 Å². The molecule has 0 saturated carbocycles. The maximum atomic E-state index is 12.1. The Hall–Kier alpha value is -1.96. The highest BCUT2D eigenvalue weighted by Gasteiger charge is 2.38. The fourth-order valence-electron chi connectivity index (χ4n) is 2.40. The number of amides is 1. The molecule has 2 rings (SSSR count). The molecule has 0 unspecified atom stereocenters. The minimum absolute atomic E-state index is 0.0563. The normalized spacial score (nSPS) is 21.7. The third-order valence-corrected chi connectivity index (χ3v) is 3.42. The SMILES string of the molecule is CCCc1noc(CCC(=O)N2C[C@@H](O)C[C@H]2C(=O)O)n1. The number of likely N-dealkylation sites (tertiary alicyclic amines) is 1. The number of aliphatic carboxylic acids is 1. The summed E-state index contributed by atoms with van der Waals surface area (Å²) in [4.78, 5) is 28.5. The third-order valence-electron chi connectivity index (χ3n) is 3.42. The first kappa shape index (κ1) is 15.4. The van der Waals surface area contributed by atoms with Crippen molar-refractivity contribution in [1.82, 2.24) is 15.0 Å². The maximum Gasteiger partial charge on any atom is 0.326 e. The molecule has 8 heteroatoms. The molecule has 1 aliphatic heterocycles. The summed E-state index contributed by atoms with van der Waals surface area (Å²) < 4.78 is 5.03. The number of nitrogens with zero attached hydrogens (tertiary/aromatic N) is 3. The largest absolute Gasteiger partial charge is 0.480 e. The van der Waals surface area contributed by atoms with Crippen molar-refractivity contribution in [3.05, 3.63) is 11.7 Å². The standard InChI is InChI=1S/C13H19N3O5/c1-2-3-10-14-11(21-15-10)4-5-12(18)16-7-8(17)6-9(16)13(19)20/h8-9,17H,2-7H2,1H3,(H,19,20)/t8-,9-/m0/s1. The smallest absolute Gasteiger partial charge is 0.326 e. The van der Waals surface area contributed by atoms with Crippen molar-refractivity contribution in [2.24, 2.45) is 0 Å². The van der Waals surface area contributed by atoms with Crippen LogP contribution in [0.25, 0.3) is 0 Å². The average molecular weight is 297 g/mol. The van der Waals surface area contributed by atoms with Gasteiger partial charge in [0.1, 0.15) is 6.04 Å². The minimum Gasteiger partial charge on any atom is -0.480 e. The van der Waals surface area contributed by atoms with Crippen LogP contribution >= 0.6 is 0 Å². The Morgan fingerprint density at radius 3 is 2.86 bits per heavy atom. The van der Waals surface area contributed by atoms with Crippen LogP contribution in [-0.2, 0) is 22.4 Å². The summed E-state index contributed by atoms with van der Waals surface area (Å²) in [5.41, 5.74) is 0. The molecule has 1 aromatic rings. The molecule has 21 heavy (non-hydrogen) atoms. The van der Waals surface area contributed by atoms with E-state index in [2.05, 4.69) is 10.1 Å². The van der Waals surface area contributed by atoms with Crippen molar-refractivity contribution in [3.8, 4) is 0 Å². The van der Waals surface area contributed by atoms with E-state index >= 15 is 0 Å². The number of carboxylic acid groups (broad SMARTS) is 1. The number of carbonyl (C=O) groups excluding carboxylic acids is 1. The highest BCUT2D eigenvalue weighted by atomic mass is 16.5. The van der Waals surface area contributed by atoms with E-state index in [1.807, 2.05) is 6.92 Å². The monoisotopic (exact) mass is 297 g/mol. The molecule has 2 N–H and O–H groups in total. The zero-order chi connectivity index (χ0) is 15.4. The highest BCUT2D eigenvalue weighted by molar-refractivity contribution is 5.84. The van der Waals surface area contributed by atoms with Gasteiger partial charge in [0.2, 0.25) is 11.8 Å². The maximum absolute atomic E-state index is 12.1. The number of aryl methyl sites for hydroxylation is 2. The first-order valence-electron chi connectivity index (χ1n) is 7.03. The molecule has 8 nitrogen and oxygen atoms in total. The fourth-order valence-corrected chi connectivity index (χ4v) is 2.40. The van der Waals surface area contributed by atoms with E-state index in [0.717, 1.165) is 12.8 Å². The molecule has 1 saturated heterocycles. The second-order valence-electron chi connectivity index (χ2n) is 5.14. The van der Waals surface area contributed by atoms with Gasteiger partial charge in [-0.15, -0.1) is 0 Å². The van der Waals surface area contributed by atoms with E-state index < -0.39 is 18.1 Å². The number of aromatic nitrogens is 2. The predicted octanol–water partition coefficient (Wildman–Crippen LogP) is 0.00110. The summed E-state index contributed by atoms with van der Waals surface area (Å²) in [6, 6.07) is -0.953. The van der Waals surface area contributed by atoms with Gasteiger partial charge in [-0.05, 0) is 6.42 Å². The first-order chi connectivity index (χ1) is 10.0. The number of aliphatic hydroxyl groups excluding tert-OH is 1. The van der Waals surface area contributed by atoms with Crippen LogP contribution in [0, 0.1) is 0 Å². The molecule has 0 radical (unpaired) electrons. The Labute approximate surface area is 121 Å². The third kappa shape index (κ3) is 3.78. The molecule has 1 aromatic heterocycles. The van der Waals surface area contributed by atoms with E-state index in [0.29, 0.717) is 11.7 Å². The fraction of sp³-hybridized carbons (Fsp3) is 0.692. The zero-order valence-corrected chi connectivity index (χ0v) is 11.9. The molecular weight excluding hydrogens is 278 g/mol. The van der Waals surface area contributed by atoms with Crippen molar-refractivity contribution in [2.45, 2.75) is 51.2 Å². The Morgan fingerprint density at radius 1 is 1.43 bits per heavy atom. The summed E-state index contributed by atoms with van der Waals surface area (Å²) in [6.45, 7) is 2.06. The summed E-state index contributed by atoms with van der Waals surface area (Å²) in [6.07, 6.45) is 1.27. The average Bonchev–Trinajstić information content (AvgIpc) is 3.03. The van der Waals surface area contributed by atoms with Gasteiger partial charge >= 0.3 is 5.97 Å². The summed E-state index contributed by atoms with van der Waals surface area (Å²) in [5, 5.41) is 22.4. The topological polar surface area (TPSA) is 117 Å². The van der Waals surface area contributed by atoms with E-state index in [1.165, 1.54) is 4.90 Å². The van der Waals surface area contributed by atoms with Gasteiger partial charge in [0.15, 0.2) is 5.82 Å². The molecule has 1 fully saturated rings. The van der Waals surface area contributed by atoms with Gasteiger partial charge in [0, 0.05) is 32.2 Å². The lowest BCUT2D eigenvalue weighted by molar-refractivity contribution is -0.148. The van der Waals surface area contributed by atoms with Crippen LogP contribution in [-0.4, -0.2) is 55.8 Å². The summed E-state index contributed by atoms with van der Waals surface area (Å²) in [5.74, 6) is -0.435. The van der Waals surface area contributed by atoms with E-state index in [9.17, 15) is 14.7 Å². The van der Waals surface area contributed by atoms with Crippen molar-refractivity contribution in [3.63, 3.8) is 0 Å². The van der Waals surface area contributed by atoms with E-state index in [4.69, 9.17) is 9.63 Å². The van der Waals surface area contributed by atoms with Gasteiger partial charge in [-0.25, -0.2) is 4.79 Å². The molecule has 0 aliphatic carbocycles. The Kier molecular flexibility index (Phi) is 4.89. The molecule has 0 aromatic carbocycles. The van der Waals surface area contributed by atoms with Crippen LogP contribution in [0.2, 0.25) is 0 Å². The number of carboxylic acids is 1. The molecule has 1 aliphatic rings. The van der Waals surface area contributed by atoms with Gasteiger partial charge in [-0.3, -0.25) is 4.79 Å². The number of aliphatic hydroxyl groups is 1. The molecule has 0 spiro atoms. The zero-order valence-electron chi connectivity index (χ0n) is 11.9. The summed E-state index contributed by atoms with van der Waals surface area (Å²) in [7, 11) is 0. The van der Waals surface area contributed by atoms with Gasteiger partial charge in [0.05, 0.1) is 6.10 Å². The van der Waals surface area contributed by atoms with Crippen molar-refractivity contribution >= 4 is 11.9 Å². The molecule has 0 bridgehead atoms. The van der Waals surface area contributed by atoms with Crippen molar-refractivity contribution < 1.29 is 24.3 Å². The van der Waals surface area contributed by atoms with Gasteiger partial charge in [-0.2, -0.15) is 4.98 Å². The van der Waals surface area contributed by atoms with Crippen LogP contribution in [0.15, 0.2) is 4.52 Å². The van der Waals surface area contributed by atoms with Gasteiger partial charge in [-0.1, -0.05) is 12.1 Å². The van der Waals surface area contributed by atoms with Crippen LogP contribution in [0.1, 0.15) is 37.9 Å². The molecule has 1 amide bonds. The Balaban J connectivity index is 1.90. The quantitative estimate of drug-likeness (QED) is 0.759. The van der Waals surface area contributed by atoms with Gasteiger partial charge in [0.25, 0.3) is 0 Å². The lowest BCUT2D eigenvalue weighted by Gasteiger charge is -2.20. The predicted molar refractivity (Wildman–Crippen MR) is 70.4 cm³/mol. The number of hydrogen-bond acceptors (Lipinski definition) is 6.